The Kier molecular flexibility index (Phi) is 4.62. The molecule has 0 aliphatic carbocycles. The number of aryl methyl sites for hydroxylation is 1. The first-order valence-corrected chi connectivity index (χ1v) is 7.77. The minimum Gasteiger partial charge on any atom is -0.387 e. The molecule has 0 bridgehead atoms. The van der Waals surface area contributed by atoms with Crippen molar-refractivity contribution < 1.29 is 14.3 Å². The molecule has 0 unspecified atom stereocenters. The van der Waals surface area contributed by atoms with E-state index in [4.69, 9.17) is 0 Å². The molecule has 0 fully saturated rings. The fraction of sp³-hybridized carbons (Fsp3) is 0.211. The maximum Gasteiger partial charge on any atom is 0.224 e. The molecule has 0 aliphatic rings. The summed E-state index contributed by atoms with van der Waals surface area (Å²) in [7, 11) is 1.97. The lowest BCUT2D eigenvalue weighted by Crippen LogP contribution is -2.29. The van der Waals surface area contributed by atoms with Crippen molar-refractivity contribution >= 4 is 16.8 Å². The Hall–Kier alpha value is -2.66. The summed E-state index contributed by atoms with van der Waals surface area (Å²) in [6.07, 6.45) is 1.35. The Morgan fingerprint density at radius 2 is 1.96 bits per heavy atom. The summed E-state index contributed by atoms with van der Waals surface area (Å²) in [5, 5.41) is 14.0. The number of aliphatic hydroxyl groups excluding tert-OH is 1. The third-order valence-corrected chi connectivity index (χ3v) is 4.06. The second-order valence-corrected chi connectivity index (χ2v) is 5.87. The first kappa shape index (κ1) is 16.2. The van der Waals surface area contributed by atoms with Gasteiger partial charge in [0.25, 0.3) is 0 Å². The molecule has 0 saturated carbocycles. The molecule has 5 heteroatoms. The second kappa shape index (κ2) is 6.84. The van der Waals surface area contributed by atoms with Crippen molar-refractivity contribution in [2.45, 2.75) is 12.5 Å². The summed E-state index contributed by atoms with van der Waals surface area (Å²) in [5.74, 6) is -0.535. The monoisotopic (exact) mass is 326 g/mol. The number of nitrogens with zero attached hydrogens (tertiary/aromatic N) is 1. The van der Waals surface area contributed by atoms with Gasteiger partial charge in [0.1, 0.15) is 5.82 Å². The zero-order chi connectivity index (χ0) is 17.1. The van der Waals surface area contributed by atoms with Gasteiger partial charge in [0.15, 0.2) is 0 Å². The smallest absolute Gasteiger partial charge is 0.224 e. The standard InChI is InChI=1S/C19H19FN2O2/c1-22-9-8-14-11-15(4-7-17(14)22)18(23)12-21-19(24)10-13-2-5-16(20)6-3-13/h2-9,11,18,23H,10,12H2,1H3,(H,21,24)/t18-/m0/s1. The van der Waals surface area contributed by atoms with Gasteiger partial charge in [-0.05, 0) is 46.8 Å². The number of hydrogen-bond acceptors (Lipinski definition) is 2. The van der Waals surface area contributed by atoms with Gasteiger partial charge in [-0.15, -0.1) is 0 Å². The van der Waals surface area contributed by atoms with E-state index in [-0.39, 0.29) is 24.7 Å². The number of aliphatic hydroxyl groups is 1. The van der Waals surface area contributed by atoms with Gasteiger partial charge < -0.3 is 15.0 Å². The van der Waals surface area contributed by atoms with Crippen molar-refractivity contribution in [1.29, 1.82) is 0 Å². The third kappa shape index (κ3) is 3.63. The van der Waals surface area contributed by atoms with Crippen molar-refractivity contribution in [3.8, 4) is 0 Å². The van der Waals surface area contributed by atoms with Crippen LogP contribution < -0.4 is 5.32 Å². The van der Waals surface area contributed by atoms with Gasteiger partial charge in [-0.2, -0.15) is 0 Å². The maximum atomic E-state index is 12.8. The van der Waals surface area contributed by atoms with E-state index >= 15 is 0 Å². The third-order valence-electron chi connectivity index (χ3n) is 4.06. The Balaban J connectivity index is 1.58. The summed E-state index contributed by atoms with van der Waals surface area (Å²) in [5.41, 5.74) is 2.58. The summed E-state index contributed by atoms with van der Waals surface area (Å²) in [4.78, 5) is 11.9. The first-order chi connectivity index (χ1) is 11.5. The summed E-state index contributed by atoms with van der Waals surface area (Å²) < 4.78 is 14.9. The van der Waals surface area contributed by atoms with Crippen LogP contribution in [0.25, 0.3) is 10.9 Å². The summed E-state index contributed by atoms with van der Waals surface area (Å²) in [6, 6.07) is 13.5. The molecule has 1 heterocycles. The van der Waals surface area contributed by atoms with Gasteiger partial charge in [-0.3, -0.25) is 4.79 Å². The largest absolute Gasteiger partial charge is 0.387 e. The molecule has 0 aliphatic heterocycles. The molecule has 0 saturated heterocycles. The quantitative estimate of drug-likeness (QED) is 0.757. The molecular formula is C19H19FN2O2. The van der Waals surface area contributed by atoms with Crippen LogP contribution in [-0.2, 0) is 18.3 Å². The normalized spacial score (nSPS) is 12.3. The van der Waals surface area contributed by atoms with Crippen molar-refractivity contribution in [3.63, 3.8) is 0 Å². The average molecular weight is 326 g/mol. The number of aromatic nitrogens is 1. The van der Waals surface area contributed by atoms with Crippen LogP contribution in [0.2, 0.25) is 0 Å². The lowest BCUT2D eigenvalue weighted by atomic mass is 10.1. The van der Waals surface area contributed by atoms with Crippen LogP contribution in [0.15, 0.2) is 54.7 Å². The van der Waals surface area contributed by atoms with Crippen LogP contribution in [-0.4, -0.2) is 22.1 Å². The van der Waals surface area contributed by atoms with Gasteiger partial charge in [0.2, 0.25) is 5.91 Å². The predicted octanol–water partition coefficient (Wildman–Crippen LogP) is 2.71. The lowest BCUT2D eigenvalue weighted by molar-refractivity contribution is -0.120. The number of carbonyl (C=O) groups excluding carboxylic acids is 1. The van der Waals surface area contributed by atoms with Crippen LogP contribution in [0.3, 0.4) is 0 Å². The van der Waals surface area contributed by atoms with Gasteiger partial charge in [0, 0.05) is 25.3 Å². The van der Waals surface area contributed by atoms with E-state index in [1.165, 1.54) is 12.1 Å². The Morgan fingerprint density at radius 1 is 1.21 bits per heavy atom. The van der Waals surface area contributed by atoms with E-state index in [9.17, 15) is 14.3 Å². The SMILES string of the molecule is Cn1ccc2cc([C@@H](O)CNC(=O)Cc3ccc(F)cc3)ccc21. The van der Waals surface area contributed by atoms with Crippen molar-refractivity contribution in [2.75, 3.05) is 6.54 Å². The molecule has 24 heavy (non-hydrogen) atoms. The highest BCUT2D eigenvalue weighted by Gasteiger charge is 2.11. The number of halogens is 1. The molecule has 1 aromatic heterocycles. The molecule has 1 atom stereocenters. The molecule has 0 spiro atoms. The Labute approximate surface area is 139 Å². The number of nitrogens with one attached hydrogen (secondary N) is 1. The minimum absolute atomic E-state index is 0.137. The van der Waals surface area contributed by atoms with Crippen LogP contribution in [0.1, 0.15) is 17.2 Å². The molecule has 0 radical (unpaired) electrons. The van der Waals surface area contributed by atoms with Crippen LogP contribution in [0.5, 0.6) is 0 Å². The molecule has 3 rings (SSSR count). The molecular weight excluding hydrogens is 307 g/mol. The molecule has 3 aromatic rings. The van der Waals surface area contributed by atoms with Crippen LogP contribution in [0, 0.1) is 5.82 Å². The van der Waals surface area contributed by atoms with Crippen molar-refractivity contribution in [3.05, 3.63) is 71.7 Å². The number of rotatable bonds is 5. The number of benzene rings is 2. The molecule has 2 aromatic carbocycles. The Bertz CT molecular complexity index is 855. The van der Waals surface area contributed by atoms with Gasteiger partial charge in [-0.25, -0.2) is 4.39 Å². The maximum absolute atomic E-state index is 12.8. The van der Waals surface area contributed by atoms with Crippen LogP contribution >= 0.6 is 0 Å². The van der Waals surface area contributed by atoms with Gasteiger partial charge in [-0.1, -0.05) is 18.2 Å². The fourth-order valence-corrected chi connectivity index (χ4v) is 2.69. The lowest BCUT2D eigenvalue weighted by Gasteiger charge is -2.13. The predicted molar refractivity (Wildman–Crippen MR) is 91.0 cm³/mol. The van der Waals surface area contributed by atoms with Crippen molar-refractivity contribution in [2.24, 2.45) is 7.05 Å². The second-order valence-electron chi connectivity index (χ2n) is 5.87. The zero-order valence-electron chi connectivity index (χ0n) is 13.4. The molecule has 2 N–H and O–H groups in total. The topological polar surface area (TPSA) is 54.3 Å². The number of carbonyl (C=O) groups is 1. The number of hydrogen-bond donors (Lipinski definition) is 2. The van der Waals surface area contributed by atoms with E-state index in [2.05, 4.69) is 5.32 Å². The van der Waals surface area contributed by atoms with Gasteiger partial charge in [0.05, 0.1) is 12.5 Å². The average Bonchev–Trinajstić information content (AvgIpc) is 2.95. The van der Waals surface area contributed by atoms with Crippen LogP contribution in [0.4, 0.5) is 4.39 Å². The van der Waals surface area contributed by atoms with E-state index in [1.54, 1.807) is 12.1 Å². The molecule has 4 nitrogen and oxygen atoms in total. The zero-order valence-corrected chi connectivity index (χ0v) is 13.4. The number of amides is 1. The van der Waals surface area contributed by atoms with E-state index in [0.29, 0.717) is 0 Å². The van der Waals surface area contributed by atoms with E-state index in [0.717, 1.165) is 22.0 Å². The first-order valence-electron chi connectivity index (χ1n) is 7.77. The van der Waals surface area contributed by atoms with E-state index < -0.39 is 6.10 Å². The highest BCUT2D eigenvalue weighted by molar-refractivity contribution is 5.81. The van der Waals surface area contributed by atoms with Crippen molar-refractivity contribution in [1.82, 2.24) is 9.88 Å². The van der Waals surface area contributed by atoms with Gasteiger partial charge >= 0.3 is 0 Å². The Morgan fingerprint density at radius 3 is 2.71 bits per heavy atom. The fourth-order valence-electron chi connectivity index (χ4n) is 2.69. The summed E-state index contributed by atoms with van der Waals surface area (Å²) in [6.45, 7) is 0.137. The molecule has 1 amide bonds. The highest BCUT2D eigenvalue weighted by atomic mass is 19.1. The minimum atomic E-state index is -0.772. The highest BCUT2D eigenvalue weighted by Crippen LogP contribution is 2.20. The van der Waals surface area contributed by atoms with E-state index in [1.807, 2.05) is 42.1 Å². The number of fused-ring (bicyclic) bond motifs is 1. The summed E-state index contributed by atoms with van der Waals surface area (Å²) >= 11 is 0. The molecule has 124 valence electrons.